The van der Waals surface area contributed by atoms with E-state index in [1.807, 2.05) is 0 Å². The zero-order valence-corrected chi connectivity index (χ0v) is 7.09. The second kappa shape index (κ2) is 3.37. The maximum atomic E-state index is 12.7. The van der Waals surface area contributed by atoms with Gasteiger partial charge in [-0.2, -0.15) is 0 Å². The normalized spacial score (nSPS) is 10.0. The third kappa shape index (κ3) is 1.57. The molecular formula is C7H2Cl2F2O. The molecule has 0 aliphatic carbocycles. The van der Waals surface area contributed by atoms with E-state index >= 15 is 0 Å². The molecular weight excluding hydrogens is 209 g/mol. The van der Waals surface area contributed by atoms with Gasteiger partial charge in [0.1, 0.15) is 0 Å². The van der Waals surface area contributed by atoms with Crippen LogP contribution in [0.25, 0.3) is 0 Å². The van der Waals surface area contributed by atoms with Crippen molar-refractivity contribution in [1.82, 2.24) is 0 Å². The molecule has 0 aromatic heterocycles. The van der Waals surface area contributed by atoms with Gasteiger partial charge in [0, 0.05) is 0 Å². The highest BCUT2D eigenvalue weighted by Crippen LogP contribution is 2.22. The Hall–Kier alpha value is -0.670. The first-order valence-electron chi connectivity index (χ1n) is 2.87. The zero-order chi connectivity index (χ0) is 9.30. The molecule has 0 N–H and O–H groups in total. The van der Waals surface area contributed by atoms with E-state index in [2.05, 4.69) is 0 Å². The fourth-order valence-electron chi connectivity index (χ4n) is 0.707. The molecule has 1 nitrogen and oxygen atoms in total. The van der Waals surface area contributed by atoms with Gasteiger partial charge in [-0.3, -0.25) is 4.79 Å². The molecule has 1 rings (SSSR count). The minimum absolute atomic E-state index is 0.200. The Bertz CT molecular complexity index is 338. The minimum atomic E-state index is -1.32. The highest BCUT2D eigenvalue weighted by atomic mass is 35.5. The molecule has 0 heterocycles. The molecule has 0 atom stereocenters. The summed E-state index contributed by atoms with van der Waals surface area (Å²) in [6.45, 7) is 0. The SMILES string of the molecule is O=C(Cl)c1c(Cl)ccc(F)c1F. The van der Waals surface area contributed by atoms with Crippen LogP contribution in [-0.4, -0.2) is 5.24 Å². The van der Waals surface area contributed by atoms with E-state index in [1.165, 1.54) is 0 Å². The molecule has 1 aromatic rings. The highest BCUT2D eigenvalue weighted by Gasteiger charge is 2.17. The second-order valence-corrected chi connectivity index (χ2v) is 2.74. The third-order valence-corrected chi connectivity index (χ3v) is 1.74. The lowest BCUT2D eigenvalue weighted by Gasteiger charge is -1.99. The molecule has 1 aromatic carbocycles. The topological polar surface area (TPSA) is 17.1 Å². The van der Waals surface area contributed by atoms with Crippen molar-refractivity contribution in [2.45, 2.75) is 0 Å². The molecule has 5 heteroatoms. The van der Waals surface area contributed by atoms with Gasteiger partial charge in [0.25, 0.3) is 5.24 Å². The lowest BCUT2D eigenvalue weighted by molar-refractivity contribution is 0.107. The van der Waals surface area contributed by atoms with E-state index in [4.69, 9.17) is 23.2 Å². The van der Waals surface area contributed by atoms with Gasteiger partial charge in [-0.05, 0) is 23.7 Å². The van der Waals surface area contributed by atoms with Gasteiger partial charge in [-0.1, -0.05) is 11.6 Å². The standard InChI is InChI=1S/C7H2Cl2F2O/c8-3-1-2-4(10)6(11)5(3)7(9)12/h1-2H. The number of carbonyl (C=O) groups is 1. The quantitative estimate of drug-likeness (QED) is 0.515. The van der Waals surface area contributed by atoms with E-state index in [-0.39, 0.29) is 5.02 Å². The van der Waals surface area contributed by atoms with Crippen LogP contribution in [0.2, 0.25) is 5.02 Å². The molecule has 64 valence electrons. The monoisotopic (exact) mass is 210 g/mol. The van der Waals surface area contributed by atoms with Gasteiger partial charge in [0.05, 0.1) is 10.6 Å². The van der Waals surface area contributed by atoms with Gasteiger partial charge in [0.15, 0.2) is 11.6 Å². The maximum Gasteiger partial charge on any atom is 0.256 e. The Morgan fingerprint density at radius 1 is 1.33 bits per heavy atom. The predicted octanol–water partition coefficient (Wildman–Crippen LogP) is 3.00. The number of halogens is 4. The van der Waals surface area contributed by atoms with E-state index < -0.39 is 22.4 Å². The van der Waals surface area contributed by atoms with Crippen molar-refractivity contribution >= 4 is 28.4 Å². The molecule has 0 spiro atoms. The van der Waals surface area contributed by atoms with Crippen molar-refractivity contribution in [3.63, 3.8) is 0 Å². The number of rotatable bonds is 1. The fraction of sp³-hybridized carbons (Fsp3) is 0. The van der Waals surface area contributed by atoms with Crippen molar-refractivity contribution in [3.8, 4) is 0 Å². The van der Waals surface area contributed by atoms with E-state index in [1.54, 1.807) is 0 Å². The molecule has 0 saturated carbocycles. The largest absolute Gasteiger partial charge is 0.275 e. The minimum Gasteiger partial charge on any atom is -0.275 e. The summed E-state index contributed by atoms with van der Waals surface area (Å²) in [7, 11) is 0. The van der Waals surface area contributed by atoms with Crippen LogP contribution in [0.3, 0.4) is 0 Å². The zero-order valence-electron chi connectivity index (χ0n) is 5.57. The average Bonchev–Trinajstić information content (AvgIpc) is 1.97. The summed E-state index contributed by atoms with van der Waals surface area (Å²) in [5, 5.41) is -1.31. The smallest absolute Gasteiger partial charge is 0.256 e. The van der Waals surface area contributed by atoms with Gasteiger partial charge in [-0.15, -0.1) is 0 Å². The summed E-state index contributed by atoms with van der Waals surface area (Å²) in [6, 6.07) is 1.89. The molecule has 0 bridgehead atoms. The average molecular weight is 211 g/mol. The Balaban J connectivity index is 3.43. The molecule has 0 unspecified atom stereocenters. The van der Waals surface area contributed by atoms with Crippen LogP contribution in [0.4, 0.5) is 8.78 Å². The van der Waals surface area contributed by atoms with Crippen molar-refractivity contribution in [2.24, 2.45) is 0 Å². The van der Waals surface area contributed by atoms with Crippen molar-refractivity contribution < 1.29 is 13.6 Å². The summed E-state index contributed by atoms with van der Waals surface area (Å²) in [6.07, 6.45) is 0. The molecule has 0 amide bonds. The van der Waals surface area contributed by atoms with Crippen molar-refractivity contribution in [2.75, 3.05) is 0 Å². The maximum absolute atomic E-state index is 12.7. The molecule has 0 aliphatic heterocycles. The number of benzene rings is 1. The molecule has 0 saturated heterocycles. The molecule has 0 fully saturated rings. The summed E-state index contributed by atoms with van der Waals surface area (Å²) in [5.74, 6) is -2.47. The lowest BCUT2D eigenvalue weighted by Crippen LogP contribution is -1.98. The summed E-state index contributed by atoms with van der Waals surface area (Å²) < 4.78 is 25.2. The lowest BCUT2D eigenvalue weighted by atomic mass is 10.2. The Kier molecular flexibility index (Phi) is 2.65. The van der Waals surface area contributed by atoms with E-state index in [0.29, 0.717) is 0 Å². The van der Waals surface area contributed by atoms with Crippen LogP contribution in [0.5, 0.6) is 0 Å². The van der Waals surface area contributed by atoms with Gasteiger partial charge in [0.2, 0.25) is 0 Å². The van der Waals surface area contributed by atoms with Crippen LogP contribution < -0.4 is 0 Å². The fourth-order valence-corrected chi connectivity index (χ4v) is 1.17. The predicted molar refractivity (Wildman–Crippen MR) is 41.6 cm³/mol. The number of hydrogen-bond acceptors (Lipinski definition) is 1. The van der Waals surface area contributed by atoms with Crippen molar-refractivity contribution in [3.05, 3.63) is 34.4 Å². The first-order chi connectivity index (χ1) is 5.54. The second-order valence-electron chi connectivity index (χ2n) is 1.99. The van der Waals surface area contributed by atoms with Crippen molar-refractivity contribution in [1.29, 1.82) is 0 Å². The highest BCUT2D eigenvalue weighted by molar-refractivity contribution is 6.68. The summed E-state index contributed by atoms with van der Waals surface area (Å²) in [4.78, 5) is 10.5. The Morgan fingerprint density at radius 3 is 2.33 bits per heavy atom. The molecule has 0 aliphatic rings. The van der Waals surface area contributed by atoms with Crippen LogP contribution in [0.1, 0.15) is 10.4 Å². The van der Waals surface area contributed by atoms with Crippen LogP contribution >= 0.6 is 23.2 Å². The first-order valence-corrected chi connectivity index (χ1v) is 3.63. The summed E-state index contributed by atoms with van der Waals surface area (Å²) in [5.41, 5.74) is -0.627. The van der Waals surface area contributed by atoms with E-state index in [9.17, 15) is 13.6 Å². The Morgan fingerprint density at radius 2 is 1.92 bits per heavy atom. The third-order valence-electron chi connectivity index (χ3n) is 1.24. The van der Waals surface area contributed by atoms with E-state index in [0.717, 1.165) is 12.1 Å². The van der Waals surface area contributed by atoms with Gasteiger partial charge >= 0.3 is 0 Å². The van der Waals surface area contributed by atoms with Gasteiger partial charge < -0.3 is 0 Å². The van der Waals surface area contributed by atoms with Gasteiger partial charge in [-0.25, -0.2) is 8.78 Å². The van der Waals surface area contributed by atoms with Crippen LogP contribution in [-0.2, 0) is 0 Å². The molecule has 0 radical (unpaired) electrons. The number of hydrogen-bond donors (Lipinski definition) is 0. The Labute approximate surface area is 76.9 Å². The number of carbonyl (C=O) groups excluding carboxylic acids is 1. The first kappa shape index (κ1) is 9.42. The van der Waals surface area contributed by atoms with Crippen LogP contribution in [0.15, 0.2) is 12.1 Å². The molecule has 12 heavy (non-hydrogen) atoms. The van der Waals surface area contributed by atoms with Crippen LogP contribution in [0, 0.1) is 11.6 Å². The summed E-state index contributed by atoms with van der Waals surface area (Å²) >= 11 is 10.3.